The zero-order chi connectivity index (χ0) is 17.5. The van der Waals surface area contributed by atoms with Gasteiger partial charge in [-0.25, -0.2) is 0 Å². The summed E-state index contributed by atoms with van der Waals surface area (Å²) < 4.78 is 11.6. The molecule has 2 atom stereocenters. The van der Waals surface area contributed by atoms with Crippen LogP contribution in [-0.2, 0) is 22.6 Å². The standard InChI is InChI=1S/C19H23NO4S/c21-11-14-1-4-16(5-2-14)24-18-7-9-23-12-17(18)20-19(22)6-3-15-8-10-25-13-15/h1-2,4-5,8,10,13,17-18,21H,3,6-7,9,11-12H2,(H,20,22)/t17-,18-/m1/s1. The maximum Gasteiger partial charge on any atom is 0.220 e. The normalized spacial score (nSPS) is 20.2. The number of thiophene rings is 1. The second-order valence-corrected chi connectivity index (χ2v) is 6.91. The lowest BCUT2D eigenvalue weighted by Crippen LogP contribution is -2.51. The summed E-state index contributed by atoms with van der Waals surface area (Å²) in [5.41, 5.74) is 2.04. The predicted molar refractivity (Wildman–Crippen MR) is 96.8 cm³/mol. The molecule has 0 aliphatic carbocycles. The van der Waals surface area contributed by atoms with Crippen LogP contribution in [0.3, 0.4) is 0 Å². The molecule has 134 valence electrons. The first-order valence-electron chi connectivity index (χ1n) is 8.49. The van der Waals surface area contributed by atoms with Crippen molar-refractivity contribution in [2.45, 2.75) is 38.0 Å². The Balaban J connectivity index is 1.53. The van der Waals surface area contributed by atoms with E-state index in [2.05, 4.69) is 10.7 Å². The van der Waals surface area contributed by atoms with Crippen molar-refractivity contribution in [1.29, 1.82) is 0 Å². The molecule has 1 aromatic carbocycles. The van der Waals surface area contributed by atoms with Gasteiger partial charge in [0, 0.05) is 12.8 Å². The van der Waals surface area contributed by atoms with Gasteiger partial charge < -0.3 is 19.9 Å². The summed E-state index contributed by atoms with van der Waals surface area (Å²) in [6.45, 7) is 1.10. The number of benzene rings is 1. The van der Waals surface area contributed by atoms with E-state index in [0.717, 1.165) is 24.2 Å². The highest BCUT2D eigenvalue weighted by Gasteiger charge is 2.28. The van der Waals surface area contributed by atoms with Crippen molar-refractivity contribution in [2.75, 3.05) is 13.2 Å². The maximum absolute atomic E-state index is 12.2. The highest BCUT2D eigenvalue weighted by atomic mass is 32.1. The van der Waals surface area contributed by atoms with Crippen LogP contribution in [0.15, 0.2) is 41.1 Å². The Morgan fingerprint density at radius 3 is 2.84 bits per heavy atom. The second kappa shape index (κ2) is 8.99. The second-order valence-electron chi connectivity index (χ2n) is 6.13. The van der Waals surface area contributed by atoms with Crippen LogP contribution in [-0.4, -0.2) is 36.4 Å². The molecule has 1 saturated heterocycles. The lowest BCUT2D eigenvalue weighted by Gasteiger charge is -2.32. The Kier molecular flexibility index (Phi) is 6.44. The Hall–Kier alpha value is -1.89. The largest absolute Gasteiger partial charge is 0.488 e. The van der Waals surface area contributed by atoms with Gasteiger partial charge in [0.25, 0.3) is 0 Å². The minimum atomic E-state index is -0.152. The van der Waals surface area contributed by atoms with Crippen LogP contribution in [0.25, 0.3) is 0 Å². The van der Waals surface area contributed by atoms with Gasteiger partial charge in [0.1, 0.15) is 11.9 Å². The zero-order valence-electron chi connectivity index (χ0n) is 14.0. The van der Waals surface area contributed by atoms with Crippen molar-refractivity contribution < 1.29 is 19.4 Å². The Morgan fingerprint density at radius 2 is 2.12 bits per heavy atom. The third kappa shape index (κ3) is 5.29. The van der Waals surface area contributed by atoms with Crippen molar-refractivity contribution in [1.82, 2.24) is 5.32 Å². The molecule has 1 fully saturated rings. The van der Waals surface area contributed by atoms with E-state index in [9.17, 15) is 4.79 Å². The molecule has 3 rings (SSSR count). The van der Waals surface area contributed by atoms with Gasteiger partial charge >= 0.3 is 0 Å². The van der Waals surface area contributed by atoms with Crippen molar-refractivity contribution in [3.05, 3.63) is 52.2 Å². The molecule has 2 N–H and O–H groups in total. The molecule has 0 radical (unpaired) electrons. The minimum absolute atomic E-state index is 0.0142. The zero-order valence-corrected chi connectivity index (χ0v) is 14.8. The first-order chi connectivity index (χ1) is 12.2. The van der Waals surface area contributed by atoms with Crippen molar-refractivity contribution >= 4 is 17.2 Å². The molecule has 1 aliphatic rings. The number of aliphatic hydroxyl groups is 1. The van der Waals surface area contributed by atoms with Gasteiger partial charge in [0.05, 0.1) is 25.9 Å². The fraction of sp³-hybridized carbons (Fsp3) is 0.421. The average Bonchev–Trinajstić information content (AvgIpc) is 3.16. The highest BCUT2D eigenvalue weighted by molar-refractivity contribution is 7.07. The van der Waals surface area contributed by atoms with Gasteiger partial charge in [-0.15, -0.1) is 0 Å². The van der Waals surface area contributed by atoms with E-state index in [1.165, 1.54) is 5.56 Å². The van der Waals surface area contributed by atoms with E-state index in [-0.39, 0.29) is 24.7 Å². The summed E-state index contributed by atoms with van der Waals surface area (Å²) in [5, 5.41) is 16.2. The molecular formula is C19H23NO4S. The topological polar surface area (TPSA) is 67.8 Å². The number of aryl methyl sites for hydroxylation is 1. The Labute approximate surface area is 151 Å². The number of rotatable bonds is 7. The van der Waals surface area contributed by atoms with E-state index in [0.29, 0.717) is 19.6 Å². The van der Waals surface area contributed by atoms with E-state index in [1.54, 1.807) is 11.3 Å². The van der Waals surface area contributed by atoms with Crippen LogP contribution >= 0.6 is 11.3 Å². The van der Waals surface area contributed by atoms with Gasteiger partial charge in [-0.1, -0.05) is 12.1 Å². The number of carbonyl (C=O) groups is 1. The molecule has 0 unspecified atom stereocenters. The van der Waals surface area contributed by atoms with Crippen LogP contribution < -0.4 is 10.1 Å². The fourth-order valence-electron chi connectivity index (χ4n) is 2.81. The summed E-state index contributed by atoms with van der Waals surface area (Å²) in [6, 6.07) is 9.25. The molecular weight excluding hydrogens is 338 g/mol. The number of carbonyl (C=O) groups excluding carboxylic acids is 1. The first kappa shape index (κ1) is 17.9. The number of nitrogens with one attached hydrogen (secondary N) is 1. The van der Waals surface area contributed by atoms with E-state index in [1.807, 2.05) is 35.7 Å². The Morgan fingerprint density at radius 1 is 1.28 bits per heavy atom. The van der Waals surface area contributed by atoms with E-state index in [4.69, 9.17) is 14.6 Å². The molecule has 0 saturated carbocycles. The number of aliphatic hydroxyl groups excluding tert-OH is 1. The van der Waals surface area contributed by atoms with Crippen LogP contribution in [0.1, 0.15) is 24.0 Å². The molecule has 0 spiro atoms. The monoisotopic (exact) mass is 361 g/mol. The summed E-state index contributed by atoms with van der Waals surface area (Å²) in [6.07, 6.45) is 1.83. The summed E-state index contributed by atoms with van der Waals surface area (Å²) in [7, 11) is 0. The predicted octanol–water partition coefficient (Wildman–Crippen LogP) is 2.53. The van der Waals surface area contributed by atoms with Gasteiger partial charge in [0.15, 0.2) is 0 Å². The summed E-state index contributed by atoms with van der Waals surface area (Å²) >= 11 is 1.64. The van der Waals surface area contributed by atoms with E-state index >= 15 is 0 Å². The van der Waals surface area contributed by atoms with Crippen LogP contribution in [0.2, 0.25) is 0 Å². The Bertz CT molecular complexity index is 657. The molecule has 6 heteroatoms. The van der Waals surface area contributed by atoms with Crippen LogP contribution in [0.4, 0.5) is 0 Å². The van der Waals surface area contributed by atoms with E-state index < -0.39 is 0 Å². The average molecular weight is 361 g/mol. The van der Waals surface area contributed by atoms with Gasteiger partial charge in [-0.3, -0.25) is 4.79 Å². The molecule has 1 aliphatic heterocycles. The lowest BCUT2D eigenvalue weighted by atomic mass is 10.1. The third-order valence-corrected chi connectivity index (χ3v) is 4.99. The quantitative estimate of drug-likeness (QED) is 0.795. The minimum Gasteiger partial charge on any atom is -0.488 e. The molecule has 2 aromatic rings. The number of hydrogen-bond acceptors (Lipinski definition) is 5. The number of amides is 1. The first-order valence-corrected chi connectivity index (χ1v) is 9.43. The smallest absolute Gasteiger partial charge is 0.220 e. The maximum atomic E-state index is 12.2. The lowest BCUT2D eigenvalue weighted by molar-refractivity contribution is -0.124. The van der Waals surface area contributed by atoms with Crippen molar-refractivity contribution in [3.8, 4) is 5.75 Å². The highest BCUT2D eigenvalue weighted by Crippen LogP contribution is 2.19. The molecule has 5 nitrogen and oxygen atoms in total. The van der Waals surface area contributed by atoms with Crippen LogP contribution in [0.5, 0.6) is 5.75 Å². The summed E-state index contributed by atoms with van der Waals surface area (Å²) in [4.78, 5) is 12.2. The van der Waals surface area contributed by atoms with Crippen molar-refractivity contribution in [3.63, 3.8) is 0 Å². The molecule has 25 heavy (non-hydrogen) atoms. The van der Waals surface area contributed by atoms with Gasteiger partial charge in [0.2, 0.25) is 5.91 Å². The molecule has 1 amide bonds. The SMILES string of the molecule is O=C(CCc1ccsc1)N[C@@H]1COCC[C@H]1Oc1ccc(CO)cc1. The molecule has 0 bridgehead atoms. The fourth-order valence-corrected chi connectivity index (χ4v) is 3.52. The third-order valence-electron chi connectivity index (χ3n) is 4.25. The number of ether oxygens (including phenoxy) is 2. The van der Waals surface area contributed by atoms with Gasteiger partial charge in [-0.05, 0) is 46.5 Å². The molecule has 2 heterocycles. The molecule has 1 aromatic heterocycles. The number of hydrogen-bond donors (Lipinski definition) is 2. The van der Waals surface area contributed by atoms with Crippen molar-refractivity contribution in [2.24, 2.45) is 0 Å². The summed E-state index contributed by atoms with van der Waals surface area (Å²) in [5.74, 6) is 0.757. The van der Waals surface area contributed by atoms with Crippen LogP contribution in [0, 0.1) is 0 Å². The van der Waals surface area contributed by atoms with Gasteiger partial charge in [-0.2, -0.15) is 11.3 Å².